The molecule has 0 spiro atoms. The molecule has 0 fully saturated rings. The summed E-state index contributed by atoms with van der Waals surface area (Å²) >= 11 is 0. The first-order chi connectivity index (χ1) is 12.5. The molecule has 1 aromatic heterocycles. The number of hydrogen-bond donors (Lipinski definition) is 2. The largest absolute Gasteiger partial charge is 0.394 e. The Morgan fingerprint density at radius 1 is 1.38 bits per heavy atom. The highest BCUT2D eigenvalue weighted by Crippen LogP contribution is 2.41. The minimum absolute atomic E-state index is 0.00901. The van der Waals surface area contributed by atoms with Crippen LogP contribution in [-0.4, -0.2) is 52.8 Å². The summed E-state index contributed by atoms with van der Waals surface area (Å²) in [7, 11) is 4.20. The van der Waals surface area contributed by atoms with Gasteiger partial charge in [-0.2, -0.15) is 0 Å². The van der Waals surface area contributed by atoms with Crippen molar-refractivity contribution in [1.82, 2.24) is 14.8 Å². The normalized spacial score (nSPS) is 23.5. The van der Waals surface area contributed by atoms with Crippen molar-refractivity contribution in [2.24, 2.45) is 13.0 Å². The average Bonchev–Trinajstić information content (AvgIpc) is 2.97. The van der Waals surface area contributed by atoms with Gasteiger partial charge in [0.05, 0.1) is 18.6 Å². The Kier molecular flexibility index (Phi) is 4.37. The van der Waals surface area contributed by atoms with Gasteiger partial charge in [0.15, 0.2) is 0 Å². The molecule has 5 nitrogen and oxygen atoms in total. The van der Waals surface area contributed by atoms with Gasteiger partial charge in [0.1, 0.15) is 0 Å². The average molecular weight is 353 g/mol. The van der Waals surface area contributed by atoms with Gasteiger partial charge < -0.3 is 15.0 Å². The number of aryl methyl sites for hydroxylation is 1. The van der Waals surface area contributed by atoms with Gasteiger partial charge in [-0.1, -0.05) is 25.1 Å². The fourth-order valence-corrected chi connectivity index (χ4v) is 4.48. The van der Waals surface area contributed by atoms with Gasteiger partial charge in [-0.05, 0) is 42.7 Å². The molecule has 0 bridgehead atoms. The number of hydrogen-bond acceptors (Lipinski definition) is 3. The third-order valence-corrected chi connectivity index (χ3v) is 5.97. The van der Waals surface area contributed by atoms with Crippen LogP contribution in [0, 0.1) is 5.92 Å². The lowest BCUT2D eigenvalue weighted by Gasteiger charge is -2.39. The molecule has 3 atom stereocenters. The van der Waals surface area contributed by atoms with Gasteiger partial charge in [-0.15, -0.1) is 0 Å². The second kappa shape index (κ2) is 6.56. The fraction of sp³-hybridized carbons (Fsp3) is 0.476. The molecule has 1 aliphatic heterocycles. The van der Waals surface area contributed by atoms with E-state index in [1.807, 2.05) is 6.92 Å². The van der Waals surface area contributed by atoms with Crippen molar-refractivity contribution >= 4 is 22.4 Å². The quantitative estimate of drug-likeness (QED) is 0.883. The number of rotatable bonds is 4. The van der Waals surface area contributed by atoms with Crippen LogP contribution in [0.25, 0.3) is 16.5 Å². The number of aliphatic hydroxyl groups excluding tert-OH is 1. The van der Waals surface area contributed by atoms with Crippen LogP contribution in [0.2, 0.25) is 0 Å². The van der Waals surface area contributed by atoms with Gasteiger partial charge in [0, 0.05) is 36.7 Å². The number of aromatic nitrogens is 1. The summed E-state index contributed by atoms with van der Waals surface area (Å²) < 4.78 is 2.20. The van der Waals surface area contributed by atoms with E-state index in [4.69, 9.17) is 0 Å². The topological polar surface area (TPSA) is 57.5 Å². The SMILES string of the molecule is CCC(CO)NC(=O)[C@@H]1C=C2c3cccc4c3c(cn4C)C[C@H]2N(C)C1. The molecule has 1 aromatic carbocycles. The van der Waals surface area contributed by atoms with Crippen LogP contribution < -0.4 is 5.32 Å². The number of likely N-dealkylation sites (N-methyl/N-ethyl adjacent to an activating group) is 1. The minimum Gasteiger partial charge on any atom is -0.394 e. The van der Waals surface area contributed by atoms with Crippen molar-refractivity contribution in [1.29, 1.82) is 0 Å². The standard InChI is InChI=1S/C21H27N3O2/c1-4-15(12-25)22-21(26)14-8-17-16-6-5-7-18-20(16)13(10-23(18)2)9-19(17)24(3)11-14/h5-8,10,14-15,19,25H,4,9,11-12H2,1-3H3,(H,22,26)/t14-,15?,19-/m1/s1. The Labute approximate surface area is 154 Å². The predicted octanol–water partition coefficient (Wildman–Crippen LogP) is 1.94. The maximum absolute atomic E-state index is 12.7. The Morgan fingerprint density at radius 3 is 2.92 bits per heavy atom. The number of fused-ring (bicyclic) bond motifs is 2. The summed E-state index contributed by atoms with van der Waals surface area (Å²) in [6.45, 7) is 2.66. The number of carbonyl (C=O) groups is 1. The van der Waals surface area contributed by atoms with Crippen molar-refractivity contribution in [2.45, 2.75) is 31.8 Å². The maximum atomic E-state index is 12.7. The molecule has 2 heterocycles. The van der Waals surface area contributed by atoms with E-state index in [1.165, 1.54) is 27.6 Å². The predicted molar refractivity (Wildman–Crippen MR) is 104 cm³/mol. The molecule has 4 rings (SSSR count). The molecule has 5 heteroatoms. The summed E-state index contributed by atoms with van der Waals surface area (Å²) in [4.78, 5) is 15.0. The molecule has 1 aliphatic carbocycles. The Bertz CT molecular complexity index is 879. The van der Waals surface area contributed by atoms with Crippen LogP contribution in [0.1, 0.15) is 24.5 Å². The number of nitrogens with one attached hydrogen (secondary N) is 1. The number of amides is 1. The van der Waals surface area contributed by atoms with Gasteiger partial charge in [0.2, 0.25) is 5.91 Å². The van der Waals surface area contributed by atoms with E-state index in [0.29, 0.717) is 12.6 Å². The lowest BCUT2D eigenvalue weighted by atomic mass is 9.80. The van der Waals surface area contributed by atoms with E-state index in [1.54, 1.807) is 0 Å². The van der Waals surface area contributed by atoms with E-state index in [-0.39, 0.29) is 24.5 Å². The molecule has 138 valence electrons. The molecular weight excluding hydrogens is 326 g/mol. The summed E-state index contributed by atoms with van der Waals surface area (Å²) in [5, 5.41) is 13.7. The van der Waals surface area contributed by atoms with Gasteiger partial charge in [0.25, 0.3) is 0 Å². The van der Waals surface area contributed by atoms with Crippen LogP contribution in [0.5, 0.6) is 0 Å². The first kappa shape index (κ1) is 17.3. The van der Waals surface area contributed by atoms with E-state index in [2.05, 4.69) is 59.4 Å². The molecule has 1 unspecified atom stereocenters. The van der Waals surface area contributed by atoms with Gasteiger partial charge in [-0.3, -0.25) is 9.69 Å². The van der Waals surface area contributed by atoms with Crippen LogP contribution >= 0.6 is 0 Å². The number of benzene rings is 1. The maximum Gasteiger partial charge on any atom is 0.228 e. The summed E-state index contributed by atoms with van der Waals surface area (Å²) in [6, 6.07) is 6.60. The van der Waals surface area contributed by atoms with Crippen LogP contribution in [0.15, 0.2) is 30.5 Å². The number of carbonyl (C=O) groups excluding carboxylic acids is 1. The zero-order valence-corrected chi connectivity index (χ0v) is 15.7. The first-order valence-electron chi connectivity index (χ1n) is 9.44. The monoisotopic (exact) mass is 353 g/mol. The molecule has 2 aromatic rings. The van der Waals surface area contributed by atoms with Crippen LogP contribution in [0.4, 0.5) is 0 Å². The zero-order chi connectivity index (χ0) is 18.4. The lowest BCUT2D eigenvalue weighted by Crippen LogP contribution is -2.48. The molecule has 26 heavy (non-hydrogen) atoms. The Balaban J connectivity index is 1.74. The van der Waals surface area contributed by atoms with Gasteiger partial charge >= 0.3 is 0 Å². The summed E-state index contributed by atoms with van der Waals surface area (Å²) in [5.41, 5.74) is 5.16. The zero-order valence-electron chi connectivity index (χ0n) is 15.7. The highest BCUT2D eigenvalue weighted by Gasteiger charge is 2.36. The molecule has 0 saturated heterocycles. The van der Waals surface area contributed by atoms with E-state index < -0.39 is 0 Å². The molecular formula is C21H27N3O2. The third-order valence-electron chi connectivity index (χ3n) is 5.97. The Morgan fingerprint density at radius 2 is 2.19 bits per heavy atom. The molecule has 1 amide bonds. The molecule has 0 saturated carbocycles. The summed E-state index contributed by atoms with van der Waals surface area (Å²) in [6.07, 6.45) is 6.12. The second-order valence-electron chi connectivity index (χ2n) is 7.65. The van der Waals surface area contributed by atoms with Crippen LogP contribution in [0.3, 0.4) is 0 Å². The second-order valence-corrected chi connectivity index (χ2v) is 7.65. The van der Waals surface area contributed by atoms with Crippen LogP contribution in [-0.2, 0) is 18.3 Å². The van der Waals surface area contributed by atoms with Crippen molar-refractivity contribution < 1.29 is 9.90 Å². The van der Waals surface area contributed by atoms with Crippen molar-refractivity contribution in [3.8, 4) is 0 Å². The molecule has 2 N–H and O–H groups in total. The highest BCUT2D eigenvalue weighted by atomic mass is 16.3. The third kappa shape index (κ3) is 2.66. The molecule has 2 aliphatic rings. The number of nitrogens with zero attached hydrogens (tertiary/aromatic N) is 2. The van der Waals surface area contributed by atoms with Crippen molar-refractivity contribution in [3.63, 3.8) is 0 Å². The smallest absolute Gasteiger partial charge is 0.228 e. The Hall–Kier alpha value is -2.11. The van der Waals surface area contributed by atoms with Gasteiger partial charge in [-0.25, -0.2) is 0 Å². The number of aliphatic hydroxyl groups is 1. The highest BCUT2D eigenvalue weighted by molar-refractivity contribution is 5.99. The molecule has 0 radical (unpaired) electrons. The minimum atomic E-state index is -0.188. The van der Waals surface area contributed by atoms with Crippen molar-refractivity contribution in [3.05, 3.63) is 41.6 Å². The van der Waals surface area contributed by atoms with E-state index in [0.717, 1.165) is 12.8 Å². The lowest BCUT2D eigenvalue weighted by molar-refractivity contribution is -0.125. The van der Waals surface area contributed by atoms with E-state index in [9.17, 15) is 9.90 Å². The fourth-order valence-electron chi connectivity index (χ4n) is 4.48. The summed E-state index contributed by atoms with van der Waals surface area (Å²) in [5.74, 6) is -0.179. The van der Waals surface area contributed by atoms with Crippen molar-refractivity contribution in [2.75, 3.05) is 20.2 Å². The first-order valence-corrected chi connectivity index (χ1v) is 9.44. The van der Waals surface area contributed by atoms with E-state index >= 15 is 0 Å².